The van der Waals surface area contributed by atoms with Crippen LogP contribution >= 0.6 is 11.3 Å². The number of fused-ring (bicyclic) bond motifs is 1. The van der Waals surface area contributed by atoms with Gasteiger partial charge in [-0.3, -0.25) is 14.4 Å². The first-order valence-corrected chi connectivity index (χ1v) is 10.9. The topological polar surface area (TPSA) is 110 Å². The van der Waals surface area contributed by atoms with Crippen LogP contribution in [-0.2, 0) is 11.3 Å². The first kappa shape index (κ1) is 19.8. The van der Waals surface area contributed by atoms with Gasteiger partial charge < -0.3 is 10.8 Å². The summed E-state index contributed by atoms with van der Waals surface area (Å²) in [5, 5.41) is 14.8. The minimum Gasteiger partial charge on any atom is -0.392 e. The highest BCUT2D eigenvalue weighted by Gasteiger charge is 2.22. The van der Waals surface area contributed by atoms with E-state index < -0.39 is 0 Å². The van der Waals surface area contributed by atoms with Crippen LogP contribution in [0.1, 0.15) is 6.42 Å². The van der Waals surface area contributed by atoms with Gasteiger partial charge in [-0.2, -0.15) is 5.10 Å². The quantitative estimate of drug-likeness (QED) is 0.480. The molecule has 0 amide bonds. The van der Waals surface area contributed by atoms with Gasteiger partial charge in [0.1, 0.15) is 17.4 Å². The molecule has 0 aliphatic carbocycles. The number of nitrogen functional groups attached to an aromatic ring is 1. The number of para-hydroxylation sites is 1. The molecule has 1 fully saturated rings. The standard InChI is InChI=1S/C22H22N6O2S/c23-21-18(22-26-19-3-1-2-4-20(19)31-22)7-14(8-24-21)15-9-25-28(10-15)13-17(30)12-27-6-5-16(29)11-27/h1-4,7-10,16,29H,5-6,11-13H2,(H2,23,24). The molecule has 1 atom stereocenters. The molecular weight excluding hydrogens is 412 g/mol. The van der Waals surface area contributed by atoms with Gasteiger partial charge >= 0.3 is 0 Å². The van der Waals surface area contributed by atoms with Crippen LogP contribution < -0.4 is 5.73 Å². The van der Waals surface area contributed by atoms with Crippen LogP contribution in [0, 0.1) is 0 Å². The second-order valence-electron chi connectivity index (χ2n) is 7.79. The highest BCUT2D eigenvalue weighted by molar-refractivity contribution is 7.21. The number of ketones is 1. The van der Waals surface area contributed by atoms with Crippen molar-refractivity contribution in [2.24, 2.45) is 0 Å². The van der Waals surface area contributed by atoms with Crippen molar-refractivity contribution < 1.29 is 9.90 Å². The molecule has 3 aromatic heterocycles. The average molecular weight is 435 g/mol. The summed E-state index contributed by atoms with van der Waals surface area (Å²) in [5.74, 6) is 0.493. The number of β-amino-alcohol motifs (C(OH)–C–C–N with tert-alkyl or cyclic N) is 1. The fraction of sp³-hybridized carbons (Fsp3) is 0.273. The number of benzene rings is 1. The number of rotatable bonds is 6. The number of hydrogen-bond acceptors (Lipinski definition) is 8. The molecule has 4 aromatic rings. The van der Waals surface area contributed by atoms with E-state index in [-0.39, 0.29) is 18.4 Å². The van der Waals surface area contributed by atoms with Crippen molar-refractivity contribution in [1.82, 2.24) is 24.6 Å². The molecule has 9 heteroatoms. The van der Waals surface area contributed by atoms with Gasteiger partial charge in [-0.25, -0.2) is 9.97 Å². The zero-order valence-corrected chi connectivity index (χ0v) is 17.6. The molecule has 0 saturated carbocycles. The molecule has 31 heavy (non-hydrogen) atoms. The minimum absolute atomic E-state index is 0.0642. The number of nitrogens with zero attached hydrogens (tertiary/aromatic N) is 5. The van der Waals surface area contributed by atoms with Gasteiger partial charge in [0.05, 0.1) is 34.6 Å². The maximum Gasteiger partial charge on any atom is 0.168 e. The molecule has 158 valence electrons. The fourth-order valence-electron chi connectivity index (χ4n) is 3.83. The lowest BCUT2D eigenvalue weighted by Crippen LogP contribution is -2.30. The summed E-state index contributed by atoms with van der Waals surface area (Å²) in [7, 11) is 0. The Morgan fingerprint density at radius 1 is 1.23 bits per heavy atom. The summed E-state index contributed by atoms with van der Waals surface area (Å²) in [6.45, 7) is 1.84. The van der Waals surface area contributed by atoms with Crippen LogP contribution in [0.15, 0.2) is 48.9 Å². The number of nitrogens with two attached hydrogens (primary N) is 1. The highest BCUT2D eigenvalue weighted by Crippen LogP contribution is 2.34. The number of anilines is 1. The van der Waals surface area contributed by atoms with Crippen LogP contribution in [0.5, 0.6) is 0 Å². The van der Waals surface area contributed by atoms with Crippen LogP contribution in [0.25, 0.3) is 31.9 Å². The number of carbonyl (C=O) groups is 1. The van der Waals surface area contributed by atoms with E-state index in [1.165, 1.54) is 0 Å². The molecular formula is C22H22N6O2S. The second kappa shape index (κ2) is 8.18. The molecule has 4 heterocycles. The summed E-state index contributed by atoms with van der Waals surface area (Å²) in [6, 6.07) is 9.94. The number of Topliss-reactive ketones (excluding diaryl/α,β-unsaturated/α-hetero) is 1. The van der Waals surface area contributed by atoms with Crippen molar-refractivity contribution in [2.45, 2.75) is 19.1 Å². The molecule has 1 saturated heterocycles. The van der Waals surface area contributed by atoms with Crippen LogP contribution in [0.4, 0.5) is 5.82 Å². The van der Waals surface area contributed by atoms with E-state index in [0.29, 0.717) is 18.9 Å². The van der Waals surface area contributed by atoms with Crippen molar-refractivity contribution in [1.29, 1.82) is 0 Å². The lowest BCUT2D eigenvalue weighted by Gasteiger charge is -2.13. The van der Waals surface area contributed by atoms with E-state index >= 15 is 0 Å². The van der Waals surface area contributed by atoms with Crippen molar-refractivity contribution in [3.05, 3.63) is 48.9 Å². The minimum atomic E-state index is -0.327. The monoisotopic (exact) mass is 434 g/mol. The Labute approximate surface area is 183 Å². The van der Waals surface area contributed by atoms with Crippen LogP contribution in [0.3, 0.4) is 0 Å². The van der Waals surface area contributed by atoms with Gasteiger partial charge in [-0.05, 0) is 24.6 Å². The first-order chi connectivity index (χ1) is 15.0. The number of aliphatic hydroxyl groups is 1. The second-order valence-corrected chi connectivity index (χ2v) is 8.82. The summed E-state index contributed by atoms with van der Waals surface area (Å²) >= 11 is 1.58. The summed E-state index contributed by atoms with van der Waals surface area (Å²) in [6.07, 6.45) is 5.67. The maximum absolute atomic E-state index is 12.4. The van der Waals surface area contributed by atoms with Crippen molar-refractivity contribution in [3.8, 4) is 21.7 Å². The summed E-state index contributed by atoms with van der Waals surface area (Å²) < 4.78 is 2.73. The van der Waals surface area contributed by atoms with E-state index in [1.807, 2.05) is 41.4 Å². The molecule has 8 nitrogen and oxygen atoms in total. The van der Waals surface area contributed by atoms with E-state index in [2.05, 4.69) is 15.1 Å². The number of pyridine rings is 1. The Morgan fingerprint density at radius 2 is 2.10 bits per heavy atom. The average Bonchev–Trinajstić information content (AvgIpc) is 3.48. The number of aromatic nitrogens is 4. The normalized spacial score (nSPS) is 16.9. The maximum atomic E-state index is 12.4. The largest absolute Gasteiger partial charge is 0.392 e. The third-order valence-corrected chi connectivity index (χ3v) is 6.46. The van der Waals surface area contributed by atoms with Gasteiger partial charge in [-0.1, -0.05) is 12.1 Å². The van der Waals surface area contributed by atoms with E-state index in [9.17, 15) is 9.90 Å². The predicted molar refractivity (Wildman–Crippen MR) is 121 cm³/mol. The molecule has 1 aliphatic rings. The lowest BCUT2D eigenvalue weighted by atomic mass is 10.1. The Kier molecular flexibility index (Phi) is 5.23. The van der Waals surface area contributed by atoms with Gasteiger partial charge in [0.2, 0.25) is 0 Å². The molecule has 1 aliphatic heterocycles. The van der Waals surface area contributed by atoms with E-state index in [1.54, 1.807) is 28.4 Å². The zero-order chi connectivity index (χ0) is 21.4. The number of thiazole rings is 1. The number of hydrogen-bond donors (Lipinski definition) is 2. The number of likely N-dealkylation sites (tertiary alicyclic amines) is 1. The Morgan fingerprint density at radius 3 is 2.90 bits per heavy atom. The molecule has 1 aromatic carbocycles. The molecule has 0 radical (unpaired) electrons. The van der Waals surface area contributed by atoms with Crippen LogP contribution in [0.2, 0.25) is 0 Å². The molecule has 3 N–H and O–H groups in total. The SMILES string of the molecule is Nc1ncc(-c2cnn(CC(=O)CN3CCC(O)C3)c2)cc1-c1nc2ccccc2s1. The van der Waals surface area contributed by atoms with E-state index in [0.717, 1.165) is 44.9 Å². The number of carbonyl (C=O) groups excluding carboxylic acids is 1. The molecule has 0 bridgehead atoms. The molecule has 0 spiro atoms. The fourth-order valence-corrected chi connectivity index (χ4v) is 4.82. The van der Waals surface area contributed by atoms with Gasteiger partial charge in [-0.15, -0.1) is 11.3 Å². The smallest absolute Gasteiger partial charge is 0.168 e. The van der Waals surface area contributed by atoms with Crippen molar-refractivity contribution >= 4 is 33.2 Å². The summed E-state index contributed by atoms with van der Waals surface area (Å²) in [4.78, 5) is 23.4. The lowest BCUT2D eigenvalue weighted by molar-refractivity contribution is -0.120. The zero-order valence-electron chi connectivity index (χ0n) is 16.8. The third kappa shape index (κ3) is 4.20. The Bertz CT molecular complexity index is 1220. The van der Waals surface area contributed by atoms with E-state index in [4.69, 9.17) is 5.73 Å². The highest BCUT2D eigenvalue weighted by atomic mass is 32.1. The van der Waals surface area contributed by atoms with Gasteiger partial charge in [0, 0.05) is 36.6 Å². The van der Waals surface area contributed by atoms with Gasteiger partial charge in [0.25, 0.3) is 0 Å². The first-order valence-electron chi connectivity index (χ1n) is 10.1. The molecule has 1 unspecified atom stereocenters. The van der Waals surface area contributed by atoms with Crippen LogP contribution in [-0.4, -0.2) is 61.3 Å². The Balaban J connectivity index is 1.34. The summed E-state index contributed by atoms with van der Waals surface area (Å²) in [5.41, 5.74) is 9.60. The molecule has 5 rings (SSSR count). The number of aliphatic hydroxyl groups excluding tert-OH is 1. The third-order valence-electron chi connectivity index (χ3n) is 5.40. The van der Waals surface area contributed by atoms with Crippen molar-refractivity contribution in [2.75, 3.05) is 25.4 Å². The predicted octanol–water partition coefficient (Wildman–Crippen LogP) is 2.44. The van der Waals surface area contributed by atoms with Crippen molar-refractivity contribution in [3.63, 3.8) is 0 Å². The Hall–Kier alpha value is -3.14. The van der Waals surface area contributed by atoms with Gasteiger partial charge in [0.15, 0.2) is 5.78 Å².